The van der Waals surface area contributed by atoms with Gasteiger partial charge in [0.1, 0.15) is 0 Å². The van der Waals surface area contributed by atoms with Gasteiger partial charge < -0.3 is 0 Å². The van der Waals surface area contributed by atoms with E-state index in [1.807, 2.05) is 24.3 Å². The van der Waals surface area contributed by atoms with Gasteiger partial charge in [-0.25, -0.2) is 0 Å². The molecule has 2 atom stereocenters. The molecule has 0 heterocycles. The van der Waals surface area contributed by atoms with Crippen LogP contribution in [0.1, 0.15) is 0 Å². The van der Waals surface area contributed by atoms with Crippen molar-refractivity contribution < 1.29 is 0 Å². The van der Waals surface area contributed by atoms with E-state index in [9.17, 15) is 0 Å². The van der Waals surface area contributed by atoms with Crippen LogP contribution < -0.4 is 5.32 Å². The van der Waals surface area contributed by atoms with Gasteiger partial charge in [0.2, 0.25) is 0 Å². The fourth-order valence-corrected chi connectivity index (χ4v) is 2.40. The third-order valence-electron chi connectivity index (χ3n) is 1.54. The van der Waals surface area contributed by atoms with Crippen molar-refractivity contribution in [1.29, 1.82) is 0 Å². The van der Waals surface area contributed by atoms with E-state index >= 15 is 0 Å². The number of nitrogens with one attached hydrogen (secondary N) is 1. The van der Waals surface area contributed by atoms with E-state index in [0.29, 0.717) is 0 Å². The van der Waals surface area contributed by atoms with E-state index in [-0.39, 0.29) is 10.7 Å². The fraction of sp³-hybridized carbons (Fsp3) is 0.333. The monoisotopic (exact) mass is 241 g/mol. The Morgan fingerprint density at radius 1 is 0.867 bits per heavy atom. The first-order valence-corrected chi connectivity index (χ1v) is 6.84. The topological polar surface area (TPSA) is 12.0 Å². The van der Waals surface area contributed by atoms with E-state index in [2.05, 4.69) is 31.6 Å². The number of rotatable bonds is 10. The van der Waals surface area contributed by atoms with Crippen molar-refractivity contribution >= 4 is 23.5 Å². The molecule has 0 radical (unpaired) electrons. The summed E-state index contributed by atoms with van der Waals surface area (Å²) in [7, 11) is 0. The van der Waals surface area contributed by atoms with Crippen molar-refractivity contribution in [2.75, 3.05) is 11.5 Å². The molecule has 0 amide bonds. The minimum absolute atomic E-state index is 0.239. The summed E-state index contributed by atoms with van der Waals surface area (Å²) in [5, 5.41) is 3.90. The van der Waals surface area contributed by atoms with Crippen LogP contribution in [0.3, 0.4) is 0 Å². The third-order valence-corrected chi connectivity index (χ3v) is 3.78. The summed E-state index contributed by atoms with van der Waals surface area (Å²) < 4.78 is 0. The van der Waals surface area contributed by atoms with Gasteiger partial charge in [0.05, 0.1) is 10.7 Å². The Morgan fingerprint density at radius 2 is 1.27 bits per heavy atom. The third kappa shape index (κ3) is 7.54. The smallest absolute Gasteiger partial charge is 0.0730 e. The summed E-state index contributed by atoms with van der Waals surface area (Å²) in [4.78, 5) is 0. The molecule has 0 aromatic rings. The fourth-order valence-electron chi connectivity index (χ4n) is 0.874. The van der Waals surface area contributed by atoms with Crippen LogP contribution in [0.15, 0.2) is 50.6 Å². The van der Waals surface area contributed by atoms with E-state index in [4.69, 9.17) is 0 Å². The first-order valence-electron chi connectivity index (χ1n) is 4.74. The van der Waals surface area contributed by atoms with E-state index in [1.165, 1.54) is 0 Å². The molecule has 0 saturated carbocycles. The Balaban J connectivity index is 3.98. The molecule has 0 spiro atoms. The Kier molecular flexibility index (Phi) is 9.89. The van der Waals surface area contributed by atoms with Crippen LogP contribution in [0.25, 0.3) is 0 Å². The summed E-state index contributed by atoms with van der Waals surface area (Å²) in [6, 6.07) is 0. The first kappa shape index (κ1) is 14.6. The molecule has 0 aliphatic rings. The minimum Gasteiger partial charge on any atom is -0.287 e. The Labute approximate surface area is 102 Å². The SMILES string of the molecule is C=CCSC(C=C)NC(C=C)SCC=C. The second-order valence-corrected chi connectivity index (χ2v) is 5.07. The maximum Gasteiger partial charge on any atom is 0.0730 e. The summed E-state index contributed by atoms with van der Waals surface area (Å²) in [5.74, 6) is 1.83. The van der Waals surface area contributed by atoms with Crippen LogP contribution >= 0.6 is 23.5 Å². The maximum atomic E-state index is 3.80. The Hall–Kier alpha value is -0.380. The Morgan fingerprint density at radius 3 is 1.53 bits per heavy atom. The molecule has 15 heavy (non-hydrogen) atoms. The van der Waals surface area contributed by atoms with Crippen molar-refractivity contribution in [1.82, 2.24) is 5.32 Å². The van der Waals surface area contributed by atoms with Crippen LogP contribution in [-0.4, -0.2) is 22.3 Å². The molecular formula is C12H19NS2. The van der Waals surface area contributed by atoms with Gasteiger partial charge in [-0.05, 0) is 0 Å². The molecule has 1 nitrogen and oxygen atoms in total. The lowest BCUT2D eigenvalue weighted by Gasteiger charge is -2.19. The van der Waals surface area contributed by atoms with Crippen molar-refractivity contribution in [3.63, 3.8) is 0 Å². The van der Waals surface area contributed by atoms with Crippen LogP contribution in [-0.2, 0) is 0 Å². The number of thioether (sulfide) groups is 2. The van der Waals surface area contributed by atoms with Gasteiger partial charge in [0.25, 0.3) is 0 Å². The van der Waals surface area contributed by atoms with Crippen LogP contribution in [0.4, 0.5) is 0 Å². The lowest BCUT2D eigenvalue weighted by Crippen LogP contribution is -2.31. The zero-order valence-electron chi connectivity index (χ0n) is 9.02. The molecule has 0 fully saturated rings. The van der Waals surface area contributed by atoms with Gasteiger partial charge in [-0.3, -0.25) is 5.32 Å². The van der Waals surface area contributed by atoms with E-state index in [0.717, 1.165) is 11.5 Å². The van der Waals surface area contributed by atoms with Crippen LogP contribution in [0.2, 0.25) is 0 Å². The predicted molar refractivity (Wildman–Crippen MR) is 76.4 cm³/mol. The van der Waals surface area contributed by atoms with Crippen molar-refractivity contribution in [2.24, 2.45) is 0 Å². The molecule has 0 aromatic heterocycles. The highest BCUT2D eigenvalue weighted by Gasteiger charge is 2.09. The molecular weight excluding hydrogens is 222 g/mol. The number of hydrogen-bond donors (Lipinski definition) is 1. The lowest BCUT2D eigenvalue weighted by molar-refractivity contribution is 0.763. The standard InChI is InChI=1S/C12H19NS2/c1-5-9-14-11(7-3)13-12(8-4)15-10-6-2/h5-8,11-13H,1-4,9-10H2. The summed E-state index contributed by atoms with van der Waals surface area (Å²) >= 11 is 3.53. The van der Waals surface area contributed by atoms with Crippen molar-refractivity contribution in [3.8, 4) is 0 Å². The van der Waals surface area contributed by atoms with Gasteiger partial charge in [0.15, 0.2) is 0 Å². The highest BCUT2D eigenvalue weighted by Crippen LogP contribution is 2.15. The van der Waals surface area contributed by atoms with E-state index < -0.39 is 0 Å². The minimum atomic E-state index is 0.239. The van der Waals surface area contributed by atoms with Gasteiger partial charge in [-0.15, -0.1) is 49.8 Å². The summed E-state index contributed by atoms with van der Waals surface area (Å²) in [6.07, 6.45) is 7.59. The molecule has 3 heteroatoms. The maximum absolute atomic E-state index is 3.80. The predicted octanol–water partition coefficient (Wildman–Crippen LogP) is 3.44. The lowest BCUT2D eigenvalue weighted by atomic mass is 10.5. The largest absolute Gasteiger partial charge is 0.287 e. The van der Waals surface area contributed by atoms with E-state index in [1.54, 1.807) is 23.5 Å². The molecule has 0 aromatic carbocycles. The average Bonchev–Trinajstić information content (AvgIpc) is 2.28. The van der Waals surface area contributed by atoms with Gasteiger partial charge in [0, 0.05) is 11.5 Å². The second kappa shape index (κ2) is 10.1. The summed E-state index contributed by atoms with van der Waals surface area (Å²) in [6.45, 7) is 15.0. The average molecular weight is 241 g/mol. The Bertz CT molecular complexity index is 192. The van der Waals surface area contributed by atoms with Gasteiger partial charge >= 0.3 is 0 Å². The molecule has 1 N–H and O–H groups in total. The zero-order valence-corrected chi connectivity index (χ0v) is 10.7. The number of hydrogen-bond acceptors (Lipinski definition) is 3. The molecule has 0 aliphatic heterocycles. The molecule has 2 unspecified atom stereocenters. The molecule has 0 rings (SSSR count). The zero-order chi connectivity index (χ0) is 11.5. The van der Waals surface area contributed by atoms with Crippen molar-refractivity contribution in [3.05, 3.63) is 50.6 Å². The highest BCUT2D eigenvalue weighted by molar-refractivity contribution is 8.01. The van der Waals surface area contributed by atoms with Crippen LogP contribution in [0, 0.1) is 0 Å². The normalized spacial score (nSPS) is 13.9. The second-order valence-electron chi connectivity index (χ2n) is 2.72. The van der Waals surface area contributed by atoms with Crippen molar-refractivity contribution in [2.45, 2.75) is 10.7 Å². The molecule has 84 valence electrons. The van der Waals surface area contributed by atoms with Gasteiger partial charge in [-0.2, -0.15) is 0 Å². The molecule has 0 saturated heterocycles. The summed E-state index contributed by atoms with van der Waals surface area (Å²) in [5.41, 5.74) is 0. The molecule has 0 aliphatic carbocycles. The highest BCUT2D eigenvalue weighted by atomic mass is 32.2. The molecule has 0 bridgehead atoms. The first-order chi connectivity index (χ1) is 7.28. The quantitative estimate of drug-likeness (QED) is 0.465. The van der Waals surface area contributed by atoms with Crippen LogP contribution in [0.5, 0.6) is 0 Å². The van der Waals surface area contributed by atoms with Gasteiger partial charge in [-0.1, -0.05) is 24.3 Å².